The second-order valence-electron chi connectivity index (χ2n) is 5.09. The molecule has 1 N–H and O–H groups in total. The summed E-state index contributed by atoms with van der Waals surface area (Å²) in [6.07, 6.45) is 0.967. The number of hydrogen-bond donors (Lipinski definition) is 1. The molecule has 5 heteroatoms. The van der Waals surface area contributed by atoms with Gasteiger partial charge in [-0.1, -0.05) is 25.4 Å². The van der Waals surface area contributed by atoms with Gasteiger partial charge in [-0.2, -0.15) is 0 Å². The van der Waals surface area contributed by atoms with Crippen LogP contribution in [0.2, 0.25) is 5.02 Å². The largest absolute Gasteiger partial charge is 0.481 e. The van der Waals surface area contributed by atoms with Crippen molar-refractivity contribution < 1.29 is 18.7 Å². The van der Waals surface area contributed by atoms with Crippen molar-refractivity contribution in [2.45, 2.75) is 33.1 Å². The third kappa shape index (κ3) is 4.26. The number of benzene rings is 1. The van der Waals surface area contributed by atoms with Gasteiger partial charge in [-0.15, -0.1) is 0 Å². The molecule has 0 amide bonds. The van der Waals surface area contributed by atoms with Crippen LogP contribution >= 0.6 is 11.6 Å². The normalized spacial score (nSPS) is 11.6. The van der Waals surface area contributed by atoms with Crippen LogP contribution in [0.15, 0.2) is 12.1 Å². The molecule has 0 unspecified atom stereocenters. The molecule has 0 aliphatic heterocycles. The van der Waals surface area contributed by atoms with Gasteiger partial charge >= 0.3 is 5.97 Å². The number of halogens is 3. The van der Waals surface area contributed by atoms with E-state index in [1.54, 1.807) is 0 Å². The summed E-state index contributed by atoms with van der Waals surface area (Å²) >= 11 is 5.81. The van der Waals surface area contributed by atoms with Crippen molar-refractivity contribution in [1.29, 1.82) is 0 Å². The molecule has 0 spiro atoms. The van der Waals surface area contributed by atoms with Crippen LogP contribution in [0, 0.1) is 17.0 Å². The van der Waals surface area contributed by atoms with E-state index >= 15 is 0 Å². The van der Waals surface area contributed by atoms with Crippen molar-refractivity contribution in [1.82, 2.24) is 0 Å². The molecule has 0 fully saturated rings. The van der Waals surface area contributed by atoms with Crippen LogP contribution in [0.1, 0.15) is 32.3 Å². The van der Waals surface area contributed by atoms with Gasteiger partial charge in [0.05, 0.1) is 6.42 Å². The Morgan fingerprint density at radius 3 is 2.44 bits per heavy atom. The fourth-order valence-electron chi connectivity index (χ4n) is 1.73. The summed E-state index contributed by atoms with van der Waals surface area (Å²) in [5.74, 6) is -2.80. The molecular formula is C13H15ClF2O2. The maximum atomic E-state index is 13.1. The highest BCUT2D eigenvalue weighted by atomic mass is 35.5. The molecule has 0 radical (unpaired) electrons. The second-order valence-corrected chi connectivity index (χ2v) is 5.50. The number of carboxylic acids is 1. The topological polar surface area (TPSA) is 37.3 Å². The molecule has 0 atom stereocenters. The molecule has 2 nitrogen and oxygen atoms in total. The number of carbonyl (C=O) groups is 1. The molecular weight excluding hydrogens is 262 g/mol. The average molecular weight is 277 g/mol. The highest BCUT2D eigenvalue weighted by molar-refractivity contribution is 6.31. The molecule has 0 saturated carbocycles. The van der Waals surface area contributed by atoms with Crippen LogP contribution in [-0.2, 0) is 11.2 Å². The van der Waals surface area contributed by atoms with E-state index < -0.39 is 23.0 Å². The van der Waals surface area contributed by atoms with Gasteiger partial charge in [-0.25, -0.2) is 8.78 Å². The lowest BCUT2D eigenvalue weighted by Crippen LogP contribution is -2.17. The van der Waals surface area contributed by atoms with E-state index in [9.17, 15) is 13.6 Å². The SMILES string of the molecule is CC(C)(CCc1cc(F)c(F)cc1Cl)CC(=O)O. The Kier molecular flexibility index (Phi) is 4.68. The second kappa shape index (κ2) is 5.65. The fourth-order valence-corrected chi connectivity index (χ4v) is 1.97. The molecule has 0 aliphatic carbocycles. The number of rotatable bonds is 5. The summed E-state index contributed by atoms with van der Waals surface area (Å²) in [7, 11) is 0. The van der Waals surface area contributed by atoms with Crippen molar-refractivity contribution in [3.8, 4) is 0 Å². The van der Waals surface area contributed by atoms with E-state index in [0.717, 1.165) is 12.1 Å². The number of carboxylic acid groups (broad SMARTS) is 1. The molecule has 0 saturated heterocycles. The smallest absolute Gasteiger partial charge is 0.303 e. The highest BCUT2D eigenvalue weighted by Crippen LogP contribution is 2.29. The lowest BCUT2D eigenvalue weighted by atomic mass is 9.83. The molecule has 0 aromatic heterocycles. The minimum atomic E-state index is -0.978. The van der Waals surface area contributed by atoms with Crippen molar-refractivity contribution >= 4 is 17.6 Å². The number of hydrogen-bond acceptors (Lipinski definition) is 1. The summed E-state index contributed by atoms with van der Waals surface area (Å²) in [4.78, 5) is 10.7. The van der Waals surface area contributed by atoms with E-state index in [-0.39, 0.29) is 11.4 Å². The van der Waals surface area contributed by atoms with Crippen molar-refractivity contribution in [3.63, 3.8) is 0 Å². The lowest BCUT2D eigenvalue weighted by Gasteiger charge is -2.22. The third-order valence-corrected chi connectivity index (χ3v) is 3.14. The first-order valence-electron chi connectivity index (χ1n) is 5.56. The zero-order chi connectivity index (χ0) is 13.9. The Balaban J connectivity index is 2.74. The molecule has 1 aromatic carbocycles. The van der Waals surface area contributed by atoms with Crippen molar-refractivity contribution in [3.05, 3.63) is 34.4 Å². The van der Waals surface area contributed by atoms with Crippen LogP contribution in [0.4, 0.5) is 8.78 Å². The first kappa shape index (κ1) is 14.9. The maximum absolute atomic E-state index is 13.1. The lowest BCUT2D eigenvalue weighted by molar-refractivity contribution is -0.139. The van der Waals surface area contributed by atoms with Crippen LogP contribution in [-0.4, -0.2) is 11.1 Å². The minimum absolute atomic E-state index is 0.0221. The Morgan fingerprint density at radius 1 is 1.33 bits per heavy atom. The predicted octanol–water partition coefficient (Wildman–Crippen LogP) is 4.05. The third-order valence-electron chi connectivity index (χ3n) is 2.79. The Labute approximate surface area is 110 Å². The highest BCUT2D eigenvalue weighted by Gasteiger charge is 2.22. The van der Waals surface area contributed by atoms with Crippen molar-refractivity contribution in [2.24, 2.45) is 5.41 Å². The van der Waals surface area contributed by atoms with Gasteiger partial charge in [0.25, 0.3) is 0 Å². The summed E-state index contributed by atoms with van der Waals surface area (Å²) in [6.45, 7) is 3.63. The van der Waals surface area contributed by atoms with E-state index in [0.29, 0.717) is 18.4 Å². The van der Waals surface area contributed by atoms with Gasteiger partial charge in [0.15, 0.2) is 11.6 Å². The van der Waals surface area contributed by atoms with E-state index in [4.69, 9.17) is 16.7 Å². The van der Waals surface area contributed by atoms with Gasteiger partial charge in [-0.05, 0) is 36.0 Å². The van der Waals surface area contributed by atoms with Crippen LogP contribution < -0.4 is 0 Å². The predicted molar refractivity (Wildman–Crippen MR) is 65.7 cm³/mol. The number of aryl methyl sites for hydroxylation is 1. The van der Waals surface area contributed by atoms with Gasteiger partial charge in [0.1, 0.15) is 0 Å². The fraction of sp³-hybridized carbons (Fsp3) is 0.462. The Morgan fingerprint density at radius 2 is 1.89 bits per heavy atom. The summed E-state index contributed by atoms with van der Waals surface area (Å²) in [6, 6.07) is 2.00. The van der Waals surface area contributed by atoms with Gasteiger partial charge in [0, 0.05) is 5.02 Å². The van der Waals surface area contributed by atoms with Crippen LogP contribution in [0.3, 0.4) is 0 Å². The first-order valence-corrected chi connectivity index (χ1v) is 5.94. The molecule has 1 aromatic rings. The zero-order valence-corrected chi connectivity index (χ0v) is 11.0. The van der Waals surface area contributed by atoms with E-state index in [2.05, 4.69) is 0 Å². The maximum Gasteiger partial charge on any atom is 0.303 e. The van der Waals surface area contributed by atoms with E-state index in [1.807, 2.05) is 13.8 Å². The zero-order valence-electron chi connectivity index (χ0n) is 10.3. The summed E-state index contributed by atoms with van der Waals surface area (Å²) in [5.41, 5.74) is 0.0778. The van der Waals surface area contributed by atoms with Crippen LogP contribution in [0.5, 0.6) is 0 Å². The van der Waals surface area contributed by atoms with E-state index in [1.165, 1.54) is 0 Å². The monoisotopic (exact) mass is 276 g/mol. The Hall–Kier alpha value is -1.16. The van der Waals surface area contributed by atoms with Crippen LogP contribution in [0.25, 0.3) is 0 Å². The molecule has 0 bridgehead atoms. The summed E-state index contributed by atoms with van der Waals surface area (Å²) < 4.78 is 25.9. The van der Waals surface area contributed by atoms with Gasteiger partial charge < -0.3 is 5.11 Å². The average Bonchev–Trinajstić information content (AvgIpc) is 2.19. The summed E-state index contributed by atoms with van der Waals surface area (Å²) in [5, 5.41) is 8.91. The minimum Gasteiger partial charge on any atom is -0.481 e. The van der Waals surface area contributed by atoms with Crippen molar-refractivity contribution in [2.75, 3.05) is 0 Å². The standard InChI is InChI=1S/C13H15ClF2O2/c1-13(2,7-12(17)18)4-3-8-5-10(15)11(16)6-9(8)14/h5-6H,3-4,7H2,1-2H3,(H,17,18). The molecule has 1 rings (SSSR count). The Bertz CT molecular complexity index is 459. The van der Waals surface area contributed by atoms with Gasteiger partial charge in [-0.3, -0.25) is 4.79 Å². The van der Waals surface area contributed by atoms with Gasteiger partial charge in [0.2, 0.25) is 0 Å². The number of aliphatic carboxylic acids is 1. The molecule has 100 valence electrons. The molecule has 18 heavy (non-hydrogen) atoms. The molecule has 0 aliphatic rings. The molecule has 0 heterocycles. The quantitative estimate of drug-likeness (QED) is 0.824. The first-order chi connectivity index (χ1) is 8.21.